The molecule has 0 amide bonds. The van der Waals surface area contributed by atoms with Crippen molar-refractivity contribution in [2.24, 2.45) is 0 Å². The summed E-state index contributed by atoms with van der Waals surface area (Å²) in [4.78, 5) is 2.06. The summed E-state index contributed by atoms with van der Waals surface area (Å²) in [6, 6.07) is 19.9. The van der Waals surface area contributed by atoms with Gasteiger partial charge < -0.3 is 0 Å². The number of aryl methyl sites for hydroxylation is 1. The van der Waals surface area contributed by atoms with Gasteiger partial charge in [-0.05, 0) is 0 Å². The molecule has 2 nitrogen and oxygen atoms in total. The number of halogens is 6. The Kier molecular flexibility index (Phi) is 8.18. The van der Waals surface area contributed by atoms with Crippen LogP contribution in [0.2, 0.25) is 0 Å². The number of alkyl halides is 6. The normalized spacial score (nSPS) is 11.5. The Morgan fingerprint density at radius 1 is 0.606 bits per heavy atom. The maximum atomic E-state index is 12.0. The summed E-state index contributed by atoms with van der Waals surface area (Å²) < 4.78 is 82.8. The Hall–Kier alpha value is -2.38. The summed E-state index contributed by atoms with van der Waals surface area (Å²) in [5.74, 6) is -0.368. The summed E-state index contributed by atoms with van der Waals surface area (Å²) in [7, 11) is 0. The van der Waals surface area contributed by atoms with Gasteiger partial charge in [0.2, 0.25) is 0 Å². The Labute approximate surface area is 197 Å². The van der Waals surface area contributed by atoms with Crippen LogP contribution in [0.25, 0.3) is 20.0 Å². The molecule has 0 unspecified atom stereocenters. The van der Waals surface area contributed by atoms with Crippen molar-refractivity contribution in [3.05, 3.63) is 82.2 Å². The average Bonchev–Trinajstić information content (AvgIpc) is 3.39. The fourth-order valence-electron chi connectivity index (χ4n) is 2.67. The molecule has 10 heteroatoms. The summed E-state index contributed by atoms with van der Waals surface area (Å²) in [6.45, 7) is 2.05. The zero-order chi connectivity index (χ0) is 24.1. The van der Waals surface area contributed by atoms with E-state index in [2.05, 4.69) is 14.4 Å². The molecule has 0 bridgehead atoms. The van der Waals surface area contributed by atoms with Gasteiger partial charge in [0.1, 0.15) is 0 Å². The van der Waals surface area contributed by atoms with E-state index in [1.54, 1.807) is 24.3 Å². The SMILES string of the molecule is Cc1ccc(-c2ccc(OC(F)(F)F)cc2)[se]1.FC(F)(F)Oc1ccc(-c2ccc[se]2)cc1. The predicted molar refractivity (Wildman–Crippen MR) is 116 cm³/mol. The van der Waals surface area contributed by atoms with Crippen molar-refractivity contribution in [2.75, 3.05) is 0 Å². The molecular weight excluding hydrogens is 580 g/mol. The molecule has 0 saturated heterocycles. The van der Waals surface area contributed by atoms with E-state index in [1.165, 1.54) is 33.1 Å². The second-order valence-corrected chi connectivity index (χ2v) is 11.2. The van der Waals surface area contributed by atoms with Gasteiger partial charge in [-0.1, -0.05) is 0 Å². The van der Waals surface area contributed by atoms with Crippen LogP contribution in [0.4, 0.5) is 26.3 Å². The van der Waals surface area contributed by atoms with Crippen LogP contribution in [0.3, 0.4) is 0 Å². The third kappa shape index (κ3) is 8.48. The van der Waals surface area contributed by atoms with Crippen molar-refractivity contribution in [1.82, 2.24) is 0 Å². The predicted octanol–water partition coefficient (Wildman–Crippen LogP) is 6.93. The molecule has 0 N–H and O–H groups in total. The quantitative estimate of drug-likeness (QED) is 0.188. The Balaban J connectivity index is 0.000000186. The minimum absolute atomic E-state index is 0.183. The number of benzene rings is 2. The molecule has 4 aromatic rings. The van der Waals surface area contributed by atoms with Crippen molar-refractivity contribution >= 4 is 29.0 Å². The molecule has 0 spiro atoms. The van der Waals surface area contributed by atoms with Gasteiger partial charge >= 0.3 is 198 Å². The summed E-state index contributed by atoms with van der Waals surface area (Å²) in [6.07, 6.45) is -9.25. The van der Waals surface area contributed by atoms with Crippen LogP contribution >= 0.6 is 0 Å². The maximum absolute atomic E-state index is 12.0. The van der Waals surface area contributed by atoms with Crippen molar-refractivity contribution in [2.45, 2.75) is 19.6 Å². The first-order valence-corrected chi connectivity index (χ1v) is 12.9. The van der Waals surface area contributed by atoms with Crippen LogP contribution < -0.4 is 9.47 Å². The summed E-state index contributed by atoms with van der Waals surface area (Å²) in [5, 5.41) is 0. The molecule has 0 fully saturated rings. The van der Waals surface area contributed by atoms with E-state index in [0.717, 1.165) is 15.6 Å². The minimum atomic E-state index is -4.63. The zero-order valence-corrected chi connectivity index (χ0v) is 20.3. The number of hydrogen-bond acceptors (Lipinski definition) is 2. The first-order chi connectivity index (χ1) is 15.5. The van der Waals surface area contributed by atoms with Crippen LogP contribution in [0.1, 0.15) is 4.44 Å². The van der Waals surface area contributed by atoms with Crippen molar-refractivity contribution < 1.29 is 35.8 Å². The first kappa shape index (κ1) is 25.2. The van der Waals surface area contributed by atoms with Crippen molar-refractivity contribution in [3.8, 4) is 31.5 Å². The molecule has 0 atom stereocenters. The number of rotatable bonds is 4. The van der Waals surface area contributed by atoms with E-state index >= 15 is 0 Å². The van der Waals surface area contributed by atoms with E-state index in [-0.39, 0.29) is 40.5 Å². The van der Waals surface area contributed by atoms with Crippen LogP contribution in [0, 0.1) is 6.92 Å². The third-order valence-electron chi connectivity index (χ3n) is 4.01. The monoisotopic (exact) mass is 598 g/mol. The van der Waals surface area contributed by atoms with Crippen LogP contribution in [-0.2, 0) is 0 Å². The van der Waals surface area contributed by atoms with Gasteiger partial charge in [0.15, 0.2) is 0 Å². The van der Waals surface area contributed by atoms with Gasteiger partial charge in [-0.25, -0.2) is 0 Å². The Morgan fingerprint density at radius 3 is 1.45 bits per heavy atom. The van der Waals surface area contributed by atoms with E-state index in [9.17, 15) is 26.3 Å². The number of hydrogen-bond donors (Lipinski definition) is 0. The standard InChI is InChI=1S/C12H9F3OSe.C11H7F3OSe/c1-8-2-7-11(17-8)9-3-5-10(6-4-9)16-12(13,14)15;12-11(13,14)15-9-5-3-8(4-6-9)10-2-1-7-16-10/h2-7H,1H3;1-7H. The molecule has 2 aromatic heterocycles. The third-order valence-corrected chi connectivity index (χ3v) is 8.14. The Bertz CT molecular complexity index is 1130. The molecule has 2 heterocycles. The van der Waals surface area contributed by atoms with E-state index in [4.69, 9.17) is 0 Å². The van der Waals surface area contributed by atoms with E-state index in [0.29, 0.717) is 0 Å². The number of ether oxygens (including phenoxy) is 2. The van der Waals surface area contributed by atoms with Crippen molar-refractivity contribution in [1.29, 1.82) is 0 Å². The van der Waals surface area contributed by atoms with Crippen LogP contribution in [0.15, 0.2) is 77.7 Å². The van der Waals surface area contributed by atoms with E-state index in [1.807, 2.05) is 31.2 Å². The molecule has 2 aromatic carbocycles. The molecule has 174 valence electrons. The van der Waals surface area contributed by atoms with Crippen LogP contribution in [0.5, 0.6) is 11.5 Å². The molecule has 0 saturated carbocycles. The molecule has 0 aliphatic rings. The van der Waals surface area contributed by atoms with Crippen LogP contribution in [-0.4, -0.2) is 41.7 Å². The van der Waals surface area contributed by atoms with Gasteiger partial charge in [0.25, 0.3) is 0 Å². The first-order valence-electron chi connectivity index (χ1n) is 9.31. The Morgan fingerprint density at radius 2 is 1.09 bits per heavy atom. The average molecular weight is 596 g/mol. The second-order valence-electron chi connectivity index (χ2n) is 6.53. The fraction of sp³-hybridized carbons (Fsp3) is 0.130. The van der Waals surface area contributed by atoms with Gasteiger partial charge in [-0.2, -0.15) is 0 Å². The van der Waals surface area contributed by atoms with Gasteiger partial charge in [-0.15, -0.1) is 0 Å². The van der Waals surface area contributed by atoms with Crippen molar-refractivity contribution in [3.63, 3.8) is 0 Å². The summed E-state index contributed by atoms with van der Waals surface area (Å²) in [5.41, 5.74) is 1.90. The van der Waals surface area contributed by atoms with Gasteiger partial charge in [0.05, 0.1) is 0 Å². The molecule has 0 aliphatic heterocycles. The molecule has 4 rings (SSSR count). The molecule has 0 aliphatic carbocycles. The summed E-state index contributed by atoms with van der Waals surface area (Å²) >= 11 is 0.568. The molecule has 33 heavy (non-hydrogen) atoms. The second kappa shape index (κ2) is 10.7. The van der Waals surface area contributed by atoms with Gasteiger partial charge in [-0.3, -0.25) is 0 Å². The molecular formula is C23H16F6O2Se2. The zero-order valence-electron chi connectivity index (χ0n) is 16.9. The molecule has 0 radical (unpaired) electrons. The van der Waals surface area contributed by atoms with Gasteiger partial charge in [0, 0.05) is 0 Å². The fourth-order valence-corrected chi connectivity index (χ4v) is 6.04. The topological polar surface area (TPSA) is 18.5 Å². The van der Waals surface area contributed by atoms with E-state index < -0.39 is 12.7 Å².